The summed E-state index contributed by atoms with van der Waals surface area (Å²) in [6.45, 7) is 1.42. The minimum atomic E-state index is -0.364. The van der Waals surface area contributed by atoms with E-state index in [0.717, 1.165) is 0 Å². The number of nitrogens with one attached hydrogen (secondary N) is 2. The van der Waals surface area contributed by atoms with Gasteiger partial charge in [0.1, 0.15) is 17.1 Å². The van der Waals surface area contributed by atoms with Gasteiger partial charge in [-0.2, -0.15) is 0 Å². The first-order valence-corrected chi connectivity index (χ1v) is 7.27. The number of benzene rings is 1. The van der Waals surface area contributed by atoms with E-state index >= 15 is 0 Å². The van der Waals surface area contributed by atoms with Gasteiger partial charge in [-0.05, 0) is 30.3 Å². The molecule has 2 aromatic heterocycles. The summed E-state index contributed by atoms with van der Waals surface area (Å²) >= 11 is 0. The Morgan fingerprint density at radius 1 is 1.17 bits per heavy atom. The van der Waals surface area contributed by atoms with Gasteiger partial charge in [0.2, 0.25) is 5.91 Å². The van der Waals surface area contributed by atoms with Crippen LogP contribution in [0, 0.1) is 0 Å². The van der Waals surface area contributed by atoms with Gasteiger partial charge in [0.25, 0.3) is 5.91 Å². The Labute approximate surface area is 138 Å². The van der Waals surface area contributed by atoms with Gasteiger partial charge in [-0.25, -0.2) is 4.98 Å². The third-order valence-electron chi connectivity index (χ3n) is 3.36. The Balaban J connectivity index is 1.88. The number of imidazole rings is 1. The minimum Gasteiger partial charge on any atom is -0.495 e. The number of methoxy groups -OCH3 is 1. The summed E-state index contributed by atoms with van der Waals surface area (Å²) in [5.74, 6) is -0.0732. The van der Waals surface area contributed by atoms with Gasteiger partial charge in [-0.15, -0.1) is 0 Å². The summed E-state index contributed by atoms with van der Waals surface area (Å²) in [6, 6.07) is 10.5. The van der Waals surface area contributed by atoms with Crippen LogP contribution in [0.2, 0.25) is 0 Å². The Morgan fingerprint density at radius 2 is 2.00 bits per heavy atom. The predicted octanol–water partition coefficient (Wildman–Crippen LogP) is 2.55. The monoisotopic (exact) mass is 324 g/mol. The summed E-state index contributed by atoms with van der Waals surface area (Å²) in [6.07, 6.45) is 3.46. The molecule has 0 fully saturated rings. The zero-order chi connectivity index (χ0) is 17.1. The number of pyridine rings is 1. The Bertz CT molecular complexity index is 884. The number of amides is 2. The highest BCUT2D eigenvalue weighted by Gasteiger charge is 2.14. The van der Waals surface area contributed by atoms with Gasteiger partial charge in [0, 0.05) is 25.0 Å². The lowest BCUT2D eigenvalue weighted by molar-refractivity contribution is -0.114. The Morgan fingerprint density at radius 3 is 2.71 bits per heavy atom. The number of rotatable bonds is 4. The molecular weight excluding hydrogens is 308 g/mol. The molecule has 24 heavy (non-hydrogen) atoms. The molecule has 0 aliphatic carbocycles. The van der Waals surface area contributed by atoms with Crippen molar-refractivity contribution in [1.82, 2.24) is 9.38 Å². The van der Waals surface area contributed by atoms with E-state index in [2.05, 4.69) is 15.6 Å². The van der Waals surface area contributed by atoms with Crippen molar-refractivity contribution in [3.63, 3.8) is 0 Å². The van der Waals surface area contributed by atoms with E-state index in [1.807, 2.05) is 24.4 Å². The van der Waals surface area contributed by atoms with Crippen LogP contribution in [0.4, 0.5) is 11.4 Å². The van der Waals surface area contributed by atoms with Gasteiger partial charge < -0.3 is 19.8 Å². The third kappa shape index (κ3) is 3.19. The largest absolute Gasteiger partial charge is 0.495 e. The van der Waals surface area contributed by atoms with Gasteiger partial charge in [0.15, 0.2) is 0 Å². The van der Waals surface area contributed by atoms with Crippen molar-refractivity contribution in [3.8, 4) is 5.75 Å². The molecule has 0 aliphatic heterocycles. The van der Waals surface area contributed by atoms with Gasteiger partial charge >= 0.3 is 0 Å². The topological polar surface area (TPSA) is 84.7 Å². The van der Waals surface area contributed by atoms with Crippen LogP contribution in [0.25, 0.3) is 5.65 Å². The van der Waals surface area contributed by atoms with Crippen molar-refractivity contribution in [1.29, 1.82) is 0 Å². The highest BCUT2D eigenvalue weighted by Crippen LogP contribution is 2.28. The number of ether oxygens (including phenoxy) is 1. The second-order valence-corrected chi connectivity index (χ2v) is 5.14. The van der Waals surface area contributed by atoms with Crippen LogP contribution in [0.5, 0.6) is 5.75 Å². The molecule has 2 heterocycles. The number of carbonyl (C=O) groups is 2. The molecule has 0 atom stereocenters. The van der Waals surface area contributed by atoms with E-state index in [-0.39, 0.29) is 17.5 Å². The standard InChI is InChI=1S/C17H16N4O3/c1-11(22)18-12-6-7-15(24-2)13(9-12)20-17(23)14-10-21-8-4-3-5-16(21)19-14/h3-10H,1-2H3,(H,18,22)(H,20,23). The Hall–Kier alpha value is -3.35. The number of hydrogen-bond acceptors (Lipinski definition) is 4. The molecule has 1 aromatic carbocycles. The lowest BCUT2D eigenvalue weighted by Crippen LogP contribution is -2.14. The molecule has 0 radical (unpaired) electrons. The molecule has 2 N–H and O–H groups in total. The van der Waals surface area contributed by atoms with Crippen LogP contribution in [-0.2, 0) is 4.79 Å². The minimum absolute atomic E-state index is 0.196. The SMILES string of the molecule is COc1ccc(NC(C)=O)cc1NC(=O)c1cn2ccccc2n1. The average Bonchev–Trinajstić information content (AvgIpc) is 2.99. The summed E-state index contributed by atoms with van der Waals surface area (Å²) in [4.78, 5) is 27.9. The van der Waals surface area contributed by atoms with Crippen molar-refractivity contribution in [2.45, 2.75) is 6.92 Å². The lowest BCUT2D eigenvalue weighted by Gasteiger charge is -2.11. The first-order valence-electron chi connectivity index (χ1n) is 7.27. The van der Waals surface area contributed by atoms with E-state index in [0.29, 0.717) is 22.8 Å². The highest BCUT2D eigenvalue weighted by atomic mass is 16.5. The van der Waals surface area contributed by atoms with Crippen molar-refractivity contribution in [3.05, 3.63) is 54.5 Å². The maximum absolute atomic E-state index is 12.5. The van der Waals surface area contributed by atoms with E-state index in [9.17, 15) is 9.59 Å². The lowest BCUT2D eigenvalue weighted by atomic mass is 10.2. The molecule has 7 nitrogen and oxygen atoms in total. The smallest absolute Gasteiger partial charge is 0.275 e. The zero-order valence-corrected chi connectivity index (χ0v) is 13.2. The van der Waals surface area contributed by atoms with Crippen LogP contribution in [0.3, 0.4) is 0 Å². The summed E-state index contributed by atoms with van der Waals surface area (Å²) < 4.78 is 7.01. The fourth-order valence-electron chi connectivity index (χ4n) is 2.32. The molecule has 3 aromatic rings. The zero-order valence-electron chi connectivity index (χ0n) is 13.2. The first-order chi connectivity index (χ1) is 11.6. The highest BCUT2D eigenvalue weighted by molar-refractivity contribution is 6.04. The van der Waals surface area contributed by atoms with Gasteiger partial charge in [-0.3, -0.25) is 9.59 Å². The van der Waals surface area contributed by atoms with Crippen LogP contribution >= 0.6 is 0 Å². The predicted molar refractivity (Wildman–Crippen MR) is 90.4 cm³/mol. The molecule has 3 rings (SSSR count). The van der Waals surface area contributed by atoms with Crippen molar-refractivity contribution >= 4 is 28.8 Å². The molecule has 0 saturated carbocycles. The second-order valence-electron chi connectivity index (χ2n) is 5.14. The molecule has 122 valence electrons. The van der Waals surface area contributed by atoms with E-state index in [1.165, 1.54) is 14.0 Å². The van der Waals surface area contributed by atoms with Crippen LogP contribution in [-0.4, -0.2) is 28.3 Å². The maximum atomic E-state index is 12.5. The first kappa shape index (κ1) is 15.5. The summed E-state index contributed by atoms with van der Waals surface area (Å²) in [5, 5.41) is 5.43. The Kier molecular flexibility index (Phi) is 4.15. The van der Waals surface area contributed by atoms with E-state index < -0.39 is 0 Å². The molecule has 0 saturated heterocycles. The molecular formula is C17H16N4O3. The van der Waals surface area contributed by atoms with Crippen molar-refractivity contribution in [2.24, 2.45) is 0 Å². The number of carbonyl (C=O) groups excluding carboxylic acids is 2. The quantitative estimate of drug-likeness (QED) is 0.772. The number of nitrogens with zero attached hydrogens (tertiary/aromatic N) is 2. The normalized spacial score (nSPS) is 10.4. The molecule has 0 bridgehead atoms. The summed E-state index contributed by atoms with van der Waals surface area (Å²) in [7, 11) is 1.51. The second kappa shape index (κ2) is 6.41. The number of aromatic nitrogens is 2. The molecule has 2 amide bonds. The van der Waals surface area contributed by atoms with Crippen molar-refractivity contribution < 1.29 is 14.3 Å². The number of hydrogen-bond donors (Lipinski definition) is 2. The van der Waals surface area contributed by atoms with Gasteiger partial charge in [0.05, 0.1) is 12.8 Å². The molecule has 0 spiro atoms. The summed E-state index contributed by atoms with van der Waals surface area (Å²) in [5.41, 5.74) is 1.98. The van der Waals surface area contributed by atoms with E-state index in [4.69, 9.17) is 4.74 Å². The molecule has 7 heteroatoms. The van der Waals surface area contributed by atoms with Crippen molar-refractivity contribution in [2.75, 3.05) is 17.7 Å². The fourth-order valence-corrected chi connectivity index (χ4v) is 2.32. The number of anilines is 2. The average molecular weight is 324 g/mol. The van der Waals surface area contributed by atoms with Gasteiger partial charge in [-0.1, -0.05) is 6.07 Å². The molecule has 0 aliphatic rings. The van der Waals surface area contributed by atoms with Crippen LogP contribution in [0.15, 0.2) is 48.8 Å². The van der Waals surface area contributed by atoms with Crippen LogP contribution in [0.1, 0.15) is 17.4 Å². The maximum Gasteiger partial charge on any atom is 0.275 e. The number of fused-ring (bicyclic) bond motifs is 1. The molecule has 0 unspecified atom stereocenters. The fraction of sp³-hybridized carbons (Fsp3) is 0.118. The third-order valence-corrected chi connectivity index (χ3v) is 3.36. The van der Waals surface area contributed by atoms with Crippen LogP contribution < -0.4 is 15.4 Å². The van der Waals surface area contributed by atoms with E-state index in [1.54, 1.807) is 28.8 Å².